The van der Waals surface area contributed by atoms with Gasteiger partial charge in [0.25, 0.3) is 0 Å². The Labute approximate surface area is 124 Å². The van der Waals surface area contributed by atoms with Gasteiger partial charge in [-0.2, -0.15) is 13.2 Å². The second kappa shape index (κ2) is 6.15. The summed E-state index contributed by atoms with van der Waals surface area (Å²) in [6, 6.07) is 0. The Morgan fingerprint density at radius 2 is 1.81 bits per heavy atom. The number of hydrogen-bond acceptors (Lipinski definition) is 2. The summed E-state index contributed by atoms with van der Waals surface area (Å²) >= 11 is 0. The largest absolute Gasteiger partial charge is 0.393 e. The topological polar surface area (TPSA) is 32.3 Å². The van der Waals surface area contributed by atoms with Crippen molar-refractivity contribution < 1.29 is 18.0 Å². The summed E-state index contributed by atoms with van der Waals surface area (Å²) in [4.78, 5) is 14.2. The van der Waals surface area contributed by atoms with Crippen LogP contribution in [0, 0.1) is 17.3 Å². The van der Waals surface area contributed by atoms with E-state index in [0.717, 1.165) is 25.9 Å². The molecular weight excluding hydrogens is 281 g/mol. The van der Waals surface area contributed by atoms with E-state index in [0.29, 0.717) is 13.0 Å². The van der Waals surface area contributed by atoms with Crippen LogP contribution in [-0.2, 0) is 4.79 Å². The predicted octanol–water partition coefficient (Wildman–Crippen LogP) is 2.81. The molecule has 2 atom stereocenters. The molecule has 3 nitrogen and oxygen atoms in total. The Kier molecular flexibility index (Phi) is 4.85. The number of nitrogens with one attached hydrogen (secondary N) is 1. The van der Waals surface area contributed by atoms with E-state index >= 15 is 0 Å². The van der Waals surface area contributed by atoms with Gasteiger partial charge in [0.1, 0.15) is 0 Å². The number of alkyl halides is 3. The molecule has 0 aliphatic carbocycles. The molecule has 0 spiro atoms. The third-order valence-corrected chi connectivity index (χ3v) is 5.04. The summed E-state index contributed by atoms with van der Waals surface area (Å²) < 4.78 is 38.6. The molecule has 2 heterocycles. The lowest BCUT2D eigenvalue weighted by atomic mass is 9.73. The highest BCUT2D eigenvalue weighted by Gasteiger charge is 2.46. The maximum absolute atomic E-state index is 12.9. The normalized spacial score (nSPS) is 28.5. The van der Waals surface area contributed by atoms with Crippen molar-refractivity contribution >= 4 is 5.91 Å². The van der Waals surface area contributed by atoms with Gasteiger partial charge < -0.3 is 10.2 Å². The fraction of sp³-hybridized carbons (Fsp3) is 0.933. The third-order valence-electron chi connectivity index (χ3n) is 5.04. The lowest BCUT2D eigenvalue weighted by Crippen LogP contribution is -2.52. The fourth-order valence-corrected chi connectivity index (χ4v) is 3.48. The van der Waals surface area contributed by atoms with E-state index in [4.69, 9.17) is 0 Å². The number of amides is 1. The molecule has 0 radical (unpaired) electrons. The molecule has 122 valence electrons. The van der Waals surface area contributed by atoms with Crippen LogP contribution in [0.15, 0.2) is 0 Å². The quantitative estimate of drug-likeness (QED) is 0.851. The highest BCUT2D eigenvalue weighted by molar-refractivity contribution is 5.82. The van der Waals surface area contributed by atoms with E-state index in [1.807, 2.05) is 13.8 Å². The van der Waals surface area contributed by atoms with Gasteiger partial charge in [-0.15, -0.1) is 0 Å². The maximum atomic E-state index is 12.9. The van der Waals surface area contributed by atoms with Gasteiger partial charge in [-0.1, -0.05) is 13.8 Å². The van der Waals surface area contributed by atoms with E-state index in [-0.39, 0.29) is 24.8 Å². The molecule has 0 aromatic rings. The van der Waals surface area contributed by atoms with Crippen molar-refractivity contribution in [3.05, 3.63) is 0 Å². The number of hydrogen-bond donors (Lipinski definition) is 1. The van der Waals surface area contributed by atoms with Gasteiger partial charge in [0.2, 0.25) is 5.91 Å². The van der Waals surface area contributed by atoms with Crippen molar-refractivity contribution in [2.75, 3.05) is 26.2 Å². The summed E-state index contributed by atoms with van der Waals surface area (Å²) in [7, 11) is 0. The molecule has 2 saturated heterocycles. The van der Waals surface area contributed by atoms with E-state index in [9.17, 15) is 18.0 Å². The average Bonchev–Trinajstić information content (AvgIpc) is 2.46. The van der Waals surface area contributed by atoms with E-state index in [1.165, 1.54) is 4.90 Å². The minimum Gasteiger partial charge on any atom is -0.342 e. The lowest BCUT2D eigenvalue weighted by molar-refractivity contribution is -0.190. The number of likely N-dealkylation sites (tertiary alicyclic amines) is 1. The molecule has 2 unspecified atom stereocenters. The number of piperidine rings is 2. The zero-order chi connectivity index (χ0) is 15.7. The Hall–Kier alpha value is -0.780. The van der Waals surface area contributed by atoms with Crippen LogP contribution in [0.4, 0.5) is 13.2 Å². The van der Waals surface area contributed by atoms with Crippen LogP contribution in [0.25, 0.3) is 0 Å². The zero-order valence-corrected chi connectivity index (χ0v) is 12.8. The van der Waals surface area contributed by atoms with Crippen molar-refractivity contribution in [2.24, 2.45) is 17.3 Å². The van der Waals surface area contributed by atoms with Gasteiger partial charge in [0, 0.05) is 18.5 Å². The molecule has 2 fully saturated rings. The van der Waals surface area contributed by atoms with Crippen LogP contribution in [0.3, 0.4) is 0 Å². The van der Waals surface area contributed by atoms with Gasteiger partial charge in [-0.25, -0.2) is 0 Å². The molecule has 2 aliphatic rings. The molecule has 0 aromatic heterocycles. The van der Waals surface area contributed by atoms with Crippen molar-refractivity contribution in [1.29, 1.82) is 0 Å². The molecule has 0 aromatic carbocycles. The van der Waals surface area contributed by atoms with Crippen molar-refractivity contribution in [2.45, 2.75) is 45.7 Å². The molecule has 0 saturated carbocycles. The fourth-order valence-electron chi connectivity index (χ4n) is 3.48. The number of halogens is 3. The van der Waals surface area contributed by atoms with Crippen LogP contribution in [-0.4, -0.2) is 43.2 Å². The molecule has 2 rings (SSSR count). The van der Waals surface area contributed by atoms with Crippen LogP contribution in [0.1, 0.15) is 39.5 Å². The standard InChI is InChI=1S/C15H25F3N2O/c1-14(2,11-5-3-7-19-9-11)13(21)20-8-4-6-12(10-20)15(16,17)18/h11-12,19H,3-10H2,1-2H3. The average molecular weight is 306 g/mol. The molecule has 0 bridgehead atoms. The number of carbonyl (C=O) groups is 1. The molecular formula is C15H25F3N2O. The SMILES string of the molecule is CC(C)(C(=O)N1CCCC(C(F)(F)F)C1)C1CCCNC1. The molecule has 2 aliphatic heterocycles. The minimum atomic E-state index is -4.20. The molecule has 1 amide bonds. The summed E-state index contributed by atoms with van der Waals surface area (Å²) in [5, 5.41) is 3.28. The summed E-state index contributed by atoms with van der Waals surface area (Å²) in [5.74, 6) is -1.29. The number of nitrogens with zero attached hydrogens (tertiary/aromatic N) is 1. The molecule has 21 heavy (non-hydrogen) atoms. The minimum absolute atomic E-state index is 0.120. The van der Waals surface area contributed by atoms with Gasteiger partial charge in [0.05, 0.1) is 5.92 Å². The van der Waals surface area contributed by atoms with Gasteiger partial charge in [0.15, 0.2) is 0 Å². The van der Waals surface area contributed by atoms with E-state index in [2.05, 4.69) is 5.32 Å². The first-order valence-corrected chi connectivity index (χ1v) is 7.79. The second-order valence-electron chi connectivity index (χ2n) is 6.90. The first-order chi connectivity index (χ1) is 9.73. The second-order valence-corrected chi connectivity index (χ2v) is 6.90. The Morgan fingerprint density at radius 3 is 2.38 bits per heavy atom. The summed E-state index contributed by atoms with van der Waals surface area (Å²) in [6.45, 7) is 5.77. The van der Waals surface area contributed by atoms with Crippen LogP contribution in [0.5, 0.6) is 0 Å². The van der Waals surface area contributed by atoms with Crippen LogP contribution < -0.4 is 5.32 Å². The molecule has 6 heteroatoms. The van der Waals surface area contributed by atoms with Crippen molar-refractivity contribution in [1.82, 2.24) is 10.2 Å². The highest BCUT2D eigenvalue weighted by Crippen LogP contribution is 2.37. The third kappa shape index (κ3) is 3.71. The Morgan fingerprint density at radius 1 is 1.14 bits per heavy atom. The van der Waals surface area contributed by atoms with Crippen LogP contribution >= 0.6 is 0 Å². The predicted molar refractivity (Wildman–Crippen MR) is 74.7 cm³/mol. The highest BCUT2D eigenvalue weighted by atomic mass is 19.4. The Balaban J connectivity index is 2.04. The van der Waals surface area contributed by atoms with E-state index < -0.39 is 17.5 Å². The zero-order valence-electron chi connectivity index (χ0n) is 12.8. The van der Waals surface area contributed by atoms with Crippen LogP contribution in [0.2, 0.25) is 0 Å². The first-order valence-electron chi connectivity index (χ1n) is 7.79. The number of rotatable bonds is 2. The number of carbonyl (C=O) groups excluding carboxylic acids is 1. The maximum Gasteiger partial charge on any atom is 0.393 e. The first kappa shape index (κ1) is 16.6. The van der Waals surface area contributed by atoms with Gasteiger partial charge in [-0.05, 0) is 44.7 Å². The lowest BCUT2D eigenvalue weighted by Gasteiger charge is -2.42. The molecule has 1 N–H and O–H groups in total. The van der Waals surface area contributed by atoms with Crippen molar-refractivity contribution in [3.8, 4) is 0 Å². The van der Waals surface area contributed by atoms with E-state index in [1.54, 1.807) is 0 Å². The smallest absolute Gasteiger partial charge is 0.342 e. The van der Waals surface area contributed by atoms with Crippen molar-refractivity contribution in [3.63, 3.8) is 0 Å². The summed E-state index contributed by atoms with van der Waals surface area (Å²) in [5.41, 5.74) is -0.596. The Bertz CT molecular complexity index is 376. The van der Waals surface area contributed by atoms with Gasteiger partial charge >= 0.3 is 6.18 Å². The summed E-state index contributed by atoms with van der Waals surface area (Å²) in [6.07, 6.45) is -1.64. The monoisotopic (exact) mass is 306 g/mol. The van der Waals surface area contributed by atoms with Gasteiger partial charge in [-0.3, -0.25) is 4.79 Å².